The van der Waals surface area contributed by atoms with E-state index in [4.69, 9.17) is 21.1 Å². The molecule has 8 heteroatoms. The normalized spacial score (nSPS) is 11.7. The lowest BCUT2D eigenvalue weighted by molar-refractivity contribution is -0.131. The highest BCUT2D eigenvalue weighted by atomic mass is 35.5. The maximum absolute atomic E-state index is 12.3. The molecule has 0 saturated heterocycles. The molecule has 3 aromatic rings. The molecule has 0 bridgehead atoms. The zero-order valence-electron chi connectivity index (χ0n) is 17.3. The highest BCUT2D eigenvalue weighted by Gasteiger charge is 2.19. The summed E-state index contributed by atoms with van der Waals surface area (Å²) in [4.78, 5) is 24.3. The number of benzene rings is 3. The van der Waals surface area contributed by atoms with Crippen LogP contribution in [0.5, 0.6) is 5.75 Å². The first kappa shape index (κ1) is 23.0. The second kappa shape index (κ2) is 11.6. The summed E-state index contributed by atoms with van der Waals surface area (Å²) in [7, 11) is 1.47. The van der Waals surface area contributed by atoms with E-state index < -0.39 is 6.10 Å². The highest BCUT2D eigenvalue weighted by molar-refractivity contribution is 6.30. The molecule has 0 radical (unpaired) electrons. The summed E-state index contributed by atoms with van der Waals surface area (Å²) in [5, 5.41) is 7.22. The Labute approximate surface area is 191 Å². The van der Waals surface area contributed by atoms with Crippen molar-refractivity contribution in [1.29, 1.82) is 0 Å². The van der Waals surface area contributed by atoms with E-state index in [1.54, 1.807) is 48.5 Å². The molecule has 32 heavy (non-hydrogen) atoms. The predicted octanol–water partition coefficient (Wildman–Crippen LogP) is 4.20. The van der Waals surface area contributed by atoms with E-state index in [0.717, 1.165) is 11.1 Å². The number of anilines is 1. The summed E-state index contributed by atoms with van der Waals surface area (Å²) in [5.41, 5.74) is 4.56. The number of hydrogen-bond acceptors (Lipinski definition) is 5. The quantitative estimate of drug-likeness (QED) is 0.377. The molecule has 0 aliphatic carbocycles. The van der Waals surface area contributed by atoms with E-state index in [2.05, 4.69) is 15.8 Å². The van der Waals surface area contributed by atoms with Crippen molar-refractivity contribution in [3.63, 3.8) is 0 Å². The molecule has 0 aliphatic heterocycles. The van der Waals surface area contributed by atoms with Gasteiger partial charge in [-0.05, 0) is 53.6 Å². The van der Waals surface area contributed by atoms with E-state index >= 15 is 0 Å². The van der Waals surface area contributed by atoms with Gasteiger partial charge in [-0.3, -0.25) is 9.59 Å². The Morgan fingerprint density at radius 1 is 1.03 bits per heavy atom. The molecule has 3 aromatic carbocycles. The van der Waals surface area contributed by atoms with Crippen LogP contribution < -0.4 is 15.5 Å². The molecule has 164 valence electrons. The van der Waals surface area contributed by atoms with Crippen LogP contribution in [0.25, 0.3) is 0 Å². The van der Waals surface area contributed by atoms with Crippen LogP contribution in [0.4, 0.5) is 5.69 Å². The average molecular weight is 452 g/mol. The smallest absolute Gasteiger partial charge is 0.273 e. The lowest BCUT2D eigenvalue weighted by atomic mass is 10.1. The fourth-order valence-electron chi connectivity index (χ4n) is 2.81. The fourth-order valence-corrected chi connectivity index (χ4v) is 3.00. The van der Waals surface area contributed by atoms with E-state index in [9.17, 15) is 9.59 Å². The summed E-state index contributed by atoms with van der Waals surface area (Å²) < 4.78 is 10.8. The molecular weight excluding hydrogens is 430 g/mol. The molecule has 0 saturated carbocycles. The number of nitrogens with one attached hydrogen (secondary N) is 2. The number of ether oxygens (including phenoxy) is 2. The van der Waals surface area contributed by atoms with Gasteiger partial charge in [0.1, 0.15) is 5.75 Å². The minimum atomic E-state index is -0.748. The fraction of sp³-hybridized carbons (Fsp3) is 0.125. The monoisotopic (exact) mass is 451 g/mol. The van der Waals surface area contributed by atoms with Gasteiger partial charge in [-0.25, -0.2) is 5.43 Å². The molecular formula is C24H22ClN3O4. The maximum atomic E-state index is 12.3. The molecule has 0 heterocycles. The molecule has 0 spiro atoms. The number of carbonyl (C=O) groups excluding carboxylic acids is 2. The zero-order valence-corrected chi connectivity index (χ0v) is 18.1. The second-order valence-corrected chi connectivity index (χ2v) is 7.11. The van der Waals surface area contributed by atoms with E-state index in [0.29, 0.717) is 16.5 Å². The number of nitrogens with zero attached hydrogens (tertiary/aromatic N) is 1. The minimum absolute atomic E-state index is 0.145. The lowest BCUT2D eigenvalue weighted by Gasteiger charge is -2.13. The third-order valence-electron chi connectivity index (χ3n) is 4.32. The lowest BCUT2D eigenvalue weighted by Crippen LogP contribution is -2.26. The number of rotatable bonds is 9. The first-order chi connectivity index (χ1) is 15.5. The van der Waals surface area contributed by atoms with Gasteiger partial charge in [-0.2, -0.15) is 5.10 Å². The topological polar surface area (TPSA) is 89.0 Å². The molecule has 2 N–H and O–H groups in total. The molecule has 0 aliphatic rings. The van der Waals surface area contributed by atoms with Crippen LogP contribution in [0.2, 0.25) is 5.02 Å². The Morgan fingerprint density at radius 2 is 1.78 bits per heavy atom. The van der Waals surface area contributed by atoms with Crippen LogP contribution >= 0.6 is 11.6 Å². The second-order valence-electron chi connectivity index (χ2n) is 6.68. The summed E-state index contributed by atoms with van der Waals surface area (Å²) >= 11 is 5.90. The van der Waals surface area contributed by atoms with Gasteiger partial charge in [0, 0.05) is 17.8 Å². The molecule has 2 amide bonds. The summed E-state index contributed by atoms with van der Waals surface area (Å²) in [5.74, 6) is -0.150. The molecule has 1 atom stereocenters. The number of hydrogen-bond donors (Lipinski definition) is 2. The van der Waals surface area contributed by atoms with Gasteiger partial charge in [-0.1, -0.05) is 48.0 Å². The van der Waals surface area contributed by atoms with E-state index in [-0.39, 0.29) is 18.4 Å². The third kappa shape index (κ3) is 6.94. The standard InChI is InChI=1S/C24H22ClN3O4/c1-31-23(18-6-3-2-4-7-18)24(30)28-26-15-17-10-12-21(13-11-17)32-16-22(29)27-20-9-5-8-19(25)14-20/h2-15,23H,16H2,1H3,(H,27,29)(H,28,30)/b26-15-/t23-/m0/s1. The highest BCUT2D eigenvalue weighted by Crippen LogP contribution is 2.17. The average Bonchev–Trinajstić information content (AvgIpc) is 2.80. The molecule has 0 unspecified atom stereocenters. The SMILES string of the molecule is CO[C@H](C(=O)N/N=C\c1ccc(OCC(=O)Nc2cccc(Cl)c2)cc1)c1ccccc1. The number of halogens is 1. The summed E-state index contributed by atoms with van der Waals surface area (Å²) in [6.07, 6.45) is 0.757. The van der Waals surface area contributed by atoms with E-state index in [1.807, 2.05) is 30.3 Å². The molecule has 3 rings (SSSR count). The van der Waals surface area contributed by atoms with Crippen LogP contribution in [-0.2, 0) is 14.3 Å². The molecule has 7 nitrogen and oxygen atoms in total. The number of hydrazone groups is 1. The number of carbonyl (C=O) groups is 2. The Morgan fingerprint density at radius 3 is 2.47 bits per heavy atom. The Kier molecular flexibility index (Phi) is 8.36. The van der Waals surface area contributed by atoms with Crippen molar-refractivity contribution in [3.05, 3.63) is 95.0 Å². The molecule has 0 fully saturated rings. The van der Waals surface area contributed by atoms with Gasteiger partial charge in [-0.15, -0.1) is 0 Å². The van der Waals surface area contributed by atoms with Crippen LogP contribution in [0, 0.1) is 0 Å². The van der Waals surface area contributed by atoms with Gasteiger partial charge in [0.25, 0.3) is 11.8 Å². The van der Waals surface area contributed by atoms with Gasteiger partial charge >= 0.3 is 0 Å². The Balaban J connectivity index is 1.47. The number of methoxy groups -OCH3 is 1. The van der Waals surface area contributed by atoms with Crippen LogP contribution in [0.15, 0.2) is 84.0 Å². The molecule has 0 aromatic heterocycles. The van der Waals surface area contributed by atoms with Gasteiger partial charge in [0.2, 0.25) is 0 Å². The van der Waals surface area contributed by atoms with Crippen LogP contribution in [0.1, 0.15) is 17.2 Å². The summed E-state index contributed by atoms with van der Waals surface area (Å²) in [6, 6.07) is 23.0. The Bertz CT molecular complexity index is 1070. The van der Waals surface area contributed by atoms with Crippen molar-refractivity contribution in [3.8, 4) is 5.75 Å². The largest absolute Gasteiger partial charge is 0.484 e. The summed E-state index contributed by atoms with van der Waals surface area (Å²) in [6.45, 7) is -0.145. The first-order valence-electron chi connectivity index (χ1n) is 9.74. The van der Waals surface area contributed by atoms with Crippen molar-refractivity contribution >= 4 is 35.3 Å². The zero-order chi connectivity index (χ0) is 22.8. The van der Waals surface area contributed by atoms with E-state index in [1.165, 1.54) is 13.3 Å². The van der Waals surface area contributed by atoms with Crippen LogP contribution in [-0.4, -0.2) is 31.7 Å². The van der Waals surface area contributed by atoms with Gasteiger partial charge in [0.05, 0.1) is 6.21 Å². The maximum Gasteiger partial charge on any atom is 0.273 e. The van der Waals surface area contributed by atoms with Gasteiger partial charge in [0.15, 0.2) is 12.7 Å². The van der Waals surface area contributed by atoms with Crippen molar-refractivity contribution in [2.75, 3.05) is 19.0 Å². The van der Waals surface area contributed by atoms with Crippen molar-refractivity contribution in [2.45, 2.75) is 6.10 Å². The predicted molar refractivity (Wildman–Crippen MR) is 124 cm³/mol. The van der Waals surface area contributed by atoms with Crippen LogP contribution in [0.3, 0.4) is 0 Å². The third-order valence-corrected chi connectivity index (χ3v) is 4.56. The van der Waals surface area contributed by atoms with Crippen molar-refractivity contribution in [1.82, 2.24) is 5.43 Å². The van der Waals surface area contributed by atoms with Gasteiger partial charge < -0.3 is 14.8 Å². The Hall–Kier alpha value is -3.68. The minimum Gasteiger partial charge on any atom is -0.484 e. The van der Waals surface area contributed by atoms with Crippen molar-refractivity contribution < 1.29 is 19.1 Å². The van der Waals surface area contributed by atoms with Crippen molar-refractivity contribution in [2.24, 2.45) is 5.10 Å². The first-order valence-corrected chi connectivity index (χ1v) is 10.1. The number of amides is 2.